The van der Waals surface area contributed by atoms with Gasteiger partial charge >= 0.3 is 0 Å². The molecule has 3 nitrogen and oxygen atoms in total. The fourth-order valence-corrected chi connectivity index (χ4v) is 8.13. The Morgan fingerprint density at radius 2 is 1.96 bits per heavy atom. The Kier molecular flexibility index (Phi) is 3.16. The second-order valence-electron chi connectivity index (χ2n) is 9.49. The van der Waals surface area contributed by atoms with Crippen LogP contribution in [0.1, 0.15) is 58.3 Å². The number of aliphatic hydroxyl groups excluding tert-OH is 1. The molecule has 134 valence electrons. The first-order valence-corrected chi connectivity index (χ1v) is 10.0. The molecule has 0 amide bonds. The number of aliphatic hydroxyl groups is 1. The highest BCUT2D eigenvalue weighted by atomic mass is 16.3. The Morgan fingerprint density at radius 1 is 1.20 bits per heavy atom. The van der Waals surface area contributed by atoms with Crippen LogP contribution in [-0.4, -0.2) is 23.3 Å². The van der Waals surface area contributed by atoms with Crippen LogP contribution >= 0.6 is 0 Å². The van der Waals surface area contributed by atoms with Crippen LogP contribution in [0.2, 0.25) is 0 Å². The van der Waals surface area contributed by atoms with Crippen LogP contribution in [0.4, 0.5) is 0 Å². The topological polar surface area (TPSA) is 54.4 Å². The van der Waals surface area contributed by atoms with Gasteiger partial charge < -0.3 is 5.11 Å². The summed E-state index contributed by atoms with van der Waals surface area (Å²) in [7, 11) is 0. The lowest BCUT2D eigenvalue weighted by atomic mass is 9.46. The minimum atomic E-state index is -0.298. The summed E-state index contributed by atoms with van der Waals surface area (Å²) < 4.78 is 0. The van der Waals surface area contributed by atoms with Gasteiger partial charge in [-0.3, -0.25) is 9.59 Å². The van der Waals surface area contributed by atoms with Crippen LogP contribution in [0.15, 0.2) is 23.8 Å². The van der Waals surface area contributed by atoms with Crippen molar-refractivity contribution >= 4 is 11.6 Å². The zero-order valence-corrected chi connectivity index (χ0v) is 15.1. The van der Waals surface area contributed by atoms with E-state index in [9.17, 15) is 14.7 Å². The number of Topliss-reactive ketones (excluding diaryl/α,β-unsaturated/α-hetero) is 1. The highest BCUT2D eigenvalue weighted by molar-refractivity contribution is 5.92. The molecule has 0 aromatic carbocycles. The molecule has 0 aliphatic heterocycles. The number of hydrogen-bond donors (Lipinski definition) is 1. The van der Waals surface area contributed by atoms with E-state index in [1.807, 2.05) is 6.08 Å². The van der Waals surface area contributed by atoms with Crippen molar-refractivity contribution in [2.24, 2.45) is 34.0 Å². The Balaban J connectivity index is 1.59. The highest BCUT2D eigenvalue weighted by Crippen LogP contribution is 2.80. The van der Waals surface area contributed by atoms with Gasteiger partial charge in [0.2, 0.25) is 0 Å². The standard InChI is InChI=1S/C22H28O3/c1-20-7-6-17-16-4-3-15(24)12-14(16)2-5-18(17)21(20)8-10-22(20,11-9-21)19(25)13-23/h2,5,12,16-18,23H,3-4,6-11,13H2,1H3/t16-,17+,18+,20-,21?,22?/m0/s1. The maximum Gasteiger partial charge on any atom is 0.164 e. The summed E-state index contributed by atoms with van der Waals surface area (Å²) in [5.41, 5.74) is 1.24. The van der Waals surface area contributed by atoms with E-state index in [0.29, 0.717) is 24.2 Å². The third kappa shape index (κ3) is 1.67. The van der Waals surface area contributed by atoms with Gasteiger partial charge in [0, 0.05) is 11.8 Å². The van der Waals surface area contributed by atoms with Gasteiger partial charge in [0.05, 0.1) is 0 Å². The second kappa shape index (κ2) is 4.94. The first kappa shape index (κ1) is 16.0. The smallest absolute Gasteiger partial charge is 0.164 e. The zero-order chi connectivity index (χ0) is 17.4. The molecule has 2 bridgehead atoms. The van der Waals surface area contributed by atoms with Crippen molar-refractivity contribution in [2.45, 2.75) is 58.3 Å². The molecule has 0 radical (unpaired) electrons. The van der Waals surface area contributed by atoms with Gasteiger partial charge in [0.15, 0.2) is 11.6 Å². The van der Waals surface area contributed by atoms with Crippen molar-refractivity contribution in [3.63, 3.8) is 0 Å². The van der Waals surface area contributed by atoms with E-state index >= 15 is 0 Å². The molecule has 5 aliphatic carbocycles. The monoisotopic (exact) mass is 340 g/mol. The Bertz CT molecular complexity index is 707. The van der Waals surface area contributed by atoms with Crippen LogP contribution in [-0.2, 0) is 9.59 Å². The van der Waals surface area contributed by atoms with E-state index in [2.05, 4.69) is 19.1 Å². The minimum Gasteiger partial charge on any atom is -0.389 e. The van der Waals surface area contributed by atoms with Gasteiger partial charge in [-0.05, 0) is 85.2 Å². The summed E-state index contributed by atoms with van der Waals surface area (Å²) in [5.74, 6) is 2.09. The molecule has 5 rings (SSSR count). The first-order valence-electron chi connectivity index (χ1n) is 10.0. The van der Waals surface area contributed by atoms with Gasteiger partial charge in [0.1, 0.15) is 6.61 Å². The molecule has 3 heteroatoms. The van der Waals surface area contributed by atoms with E-state index in [1.54, 1.807) is 0 Å². The summed E-state index contributed by atoms with van der Waals surface area (Å²) in [5, 5.41) is 9.62. The molecule has 0 unspecified atom stereocenters. The number of hydrogen-bond acceptors (Lipinski definition) is 3. The van der Waals surface area contributed by atoms with Gasteiger partial charge in [0.25, 0.3) is 0 Å². The lowest BCUT2D eigenvalue weighted by molar-refractivity contribution is -0.141. The van der Waals surface area contributed by atoms with Crippen molar-refractivity contribution in [3.8, 4) is 0 Å². The zero-order valence-electron chi connectivity index (χ0n) is 15.1. The number of rotatable bonds is 2. The van der Waals surface area contributed by atoms with Crippen molar-refractivity contribution < 1.29 is 14.7 Å². The molecule has 0 heterocycles. The number of carbonyl (C=O) groups excluding carboxylic acids is 2. The molecular formula is C22H28O3. The molecule has 0 aromatic heterocycles. The first-order chi connectivity index (χ1) is 12.0. The SMILES string of the molecule is C[C@]12CC[C@H]3[C@@H](C=CC4=CC(=O)CC[C@@H]43)C13CCC2(C(=O)CO)CC3. The van der Waals surface area contributed by atoms with Crippen LogP contribution < -0.4 is 0 Å². The third-order valence-electron chi connectivity index (χ3n) is 9.38. The van der Waals surface area contributed by atoms with Gasteiger partial charge in [-0.15, -0.1) is 0 Å². The Hall–Kier alpha value is -1.22. The molecule has 3 saturated carbocycles. The molecule has 4 atom stereocenters. The fraction of sp³-hybridized carbons (Fsp3) is 0.727. The predicted molar refractivity (Wildman–Crippen MR) is 94.7 cm³/mol. The molecular weight excluding hydrogens is 312 g/mol. The van der Waals surface area contributed by atoms with Crippen LogP contribution in [0.25, 0.3) is 0 Å². The third-order valence-corrected chi connectivity index (χ3v) is 9.38. The molecule has 0 spiro atoms. The second-order valence-corrected chi connectivity index (χ2v) is 9.49. The van der Waals surface area contributed by atoms with Gasteiger partial charge in [-0.1, -0.05) is 19.1 Å². The summed E-state index contributed by atoms with van der Waals surface area (Å²) in [6, 6.07) is 0. The maximum absolute atomic E-state index is 12.8. The number of ketones is 2. The molecule has 1 N–H and O–H groups in total. The van der Waals surface area contributed by atoms with E-state index in [0.717, 1.165) is 44.9 Å². The lowest BCUT2D eigenvalue weighted by Crippen LogP contribution is -2.53. The minimum absolute atomic E-state index is 0.0387. The summed E-state index contributed by atoms with van der Waals surface area (Å²) in [4.78, 5) is 24.6. The quantitative estimate of drug-likeness (QED) is 0.835. The molecule has 0 saturated heterocycles. The molecule has 3 fully saturated rings. The fourth-order valence-electron chi connectivity index (χ4n) is 8.13. The highest BCUT2D eigenvalue weighted by Gasteiger charge is 2.75. The Morgan fingerprint density at radius 3 is 2.68 bits per heavy atom. The maximum atomic E-state index is 12.8. The molecule has 0 aromatic rings. The van der Waals surface area contributed by atoms with Crippen molar-refractivity contribution in [1.29, 1.82) is 0 Å². The van der Waals surface area contributed by atoms with E-state index < -0.39 is 0 Å². The van der Waals surface area contributed by atoms with Crippen molar-refractivity contribution in [1.82, 2.24) is 0 Å². The van der Waals surface area contributed by atoms with Crippen LogP contribution in [0, 0.1) is 34.0 Å². The summed E-state index contributed by atoms with van der Waals surface area (Å²) >= 11 is 0. The van der Waals surface area contributed by atoms with Gasteiger partial charge in [-0.2, -0.15) is 0 Å². The predicted octanol–water partition coefficient (Wildman–Crippen LogP) is 3.62. The van der Waals surface area contributed by atoms with E-state index in [4.69, 9.17) is 0 Å². The number of carbonyl (C=O) groups is 2. The van der Waals surface area contributed by atoms with E-state index in [-0.39, 0.29) is 34.4 Å². The summed E-state index contributed by atoms with van der Waals surface area (Å²) in [6.07, 6.45) is 14.7. The largest absolute Gasteiger partial charge is 0.389 e. The molecule has 25 heavy (non-hydrogen) atoms. The van der Waals surface area contributed by atoms with Crippen molar-refractivity contribution in [2.75, 3.05) is 6.61 Å². The normalized spacial score (nSPS) is 50.1. The van der Waals surface area contributed by atoms with Crippen LogP contribution in [0.3, 0.4) is 0 Å². The number of fused-ring (bicyclic) bond motifs is 3. The van der Waals surface area contributed by atoms with E-state index in [1.165, 1.54) is 5.57 Å². The van der Waals surface area contributed by atoms with Crippen LogP contribution in [0.5, 0.6) is 0 Å². The summed E-state index contributed by atoms with van der Waals surface area (Å²) in [6.45, 7) is 2.06. The van der Waals surface area contributed by atoms with Crippen molar-refractivity contribution in [3.05, 3.63) is 23.8 Å². The Labute approximate surface area is 149 Å². The average molecular weight is 340 g/mol. The number of allylic oxidation sites excluding steroid dienone is 4. The average Bonchev–Trinajstić information content (AvgIpc) is 3.05. The lowest BCUT2D eigenvalue weighted by Gasteiger charge is -2.57. The molecule has 5 aliphatic rings. The van der Waals surface area contributed by atoms with Gasteiger partial charge in [-0.25, -0.2) is 0 Å².